The summed E-state index contributed by atoms with van der Waals surface area (Å²) >= 11 is 0. The molecule has 0 aromatic rings. The van der Waals surface area contributed by atoms with Crippen molar-refractivity contribution in [2.75, 3.05) is 0 Å². The van der Waals surface area contributed by atoms with Gasteiger partial charge in [0.2, 0.25) is 0 Å². The molecule has 0 rings (SSSR count). The van der Waals surface area contributed by atoms with Gasteiger partial charge in [0.15, 0.2) is 0 Å². The van der Waals surface area contributed by atoms with Crippen molar-refractivity contribution >= 4 is 15.9 Å². The Kier molecular flexibility index (Phi) is 17.3. The van der Waals surface area contributed by atoms with Gasteiger partial charge in [-0.05, 0) is 12.8 Å². The van der Waals surface area contributed by atoms with Gasteiger partial charge in [-0.3, -0.25) is 9.35 Å². The highest BCUT2D eigenvalue weighted by atomic mass is 32.2. The minimum Gasteiger partial charge on any atom is -0.313 e. The summed E-state index contributed by atoms with van der Waals surface area (Å²) in [6, 6.07) is 0. The first kappa shape index (κ1) is 26.5. The topological polar surface area (TPSA) is 97.5 Å². The predicted octanol–water partition coefficient (Wildman–Crippen LogP) is 5.77. The summed E-state index contributed by atoms with van der Waals surface area (Å²) in [5.74, 6) is 0.0313. The van der Waals surface area contributed by atoms with Crippen LogP contribution in [0.15, 0.2) is 0 Å². The Balaban J connectivity index is 3.28. The number of carbonyl (C=O) groups is 1. The molecule has 0 saturated heterocycles. The lowest BCUT2D eigenvalue weighted by Gasteiger charge is -2.07. The molecule has 3 N–H and O–H groups in total. The molecular formula is C21H43NO4S. The molecule has 162 valence electrons. The number of unbranched alkanes of at least 4 members (excludes halogenated alkanes) is 14. The predicted molar refractivity (Wildman–Crippen MR) is 113 cm³/mol. The number of ketones is 1. The lowest BCUT2D eigenvalue weighted by atomic mass is 10.0. The summed E-state index contributed by atoms with van der Waals surface area (Å²) in [6.07, 6.45) is 19.9. The SMILES string of the molecule is CCCCCCCCCCCCCCCCCC(=O)CCC(N)S(=O)(=O)O. The maximum absolute atomic E-state index is 11.7. The van der Waals surface area contributed by atoms with E-state index in [1.54, 1.807) is 0 Å². The number of hydrogen-bond donors (Lipinski definition) is 2. The van der Waals surface area contributed by atoms with Crippen LogP contribution in [0, 0.1) is 0 Å². The third-order valence-corrected chi connectivity index (χ3v) is 6.15. The molecule has 0 aromatic carbocycles. The standard InChI is InChI=1S/C21H43NO4S/c1-2-3-4-5-6-7-8-9-10-11-12-13-14-15-16-17-20(23)18-19-21(22)27(24,25)26/h21H,2-19,22H2,1H3,(H,24,25,26). The van der Waals surface area contributed by atoms with Crippen LogP contribution in [0.3, 0.4) is 0 Å². The van der Waals surface area contributed by atoms with E-state index in [0.29, 0.717) is 6.42 Å². The van der Waals surface area contributed by atoms with Crippen molar-refractivity contribution in [2.24, 2.45) is 5.73 Å². The van der Waals surface area contributed by atoms with Crippen molar-refractivity contribution in [3.63, 3.8) is 0 Å². The van der Waals surface area contributed by atoms with Crippen LogP contribution in [0.4, 0.5) is 0 Å². The highest BCUT2D eigenvalue weighted by Gasteiger charge is 2.18. The van der Waals surface area contributed by atoms with Crippen LogP contribution in [0.5, 0.6) is 0 Å². The molecule has 6 heteroatoms. The van der Waals surface area contributed by atoms with Crippen LogP contribution in [-0.4, -0.2) is 24.1 Å². The van der Waals surface area contributed by atoms with Gasteiger partial charge in [0.25, 0.3) is 10.1 Å². The number of carbonyl (C=O) groups excluding carboxylic acids is 1. The molecule has 1 atom stereocenters. The quantitative estimate of drug-likeness (QED) is 0.198. The molecule has 0 radical (unpaired) electrons. The van der Waals surface area contributed by atoms with E-state index in [-0.39, 0.29) is 18.6 Å². The highest BCUT2D eigenvalue weighted by molar-refractivity contribution is 7.86. The minimum atomic E-state index is -4.22. The minimum absolute atomic E-state index is 0.00356. The summed E-state index contributed by atoms with van der Waals surface area (Å²) in [7, 11) is -4.22. The first-order valence-electron chi connectivity index (χ1n) is 11.1. The fourth-order valence-corrected chi connectivity index (χ4v) is 3.69. The number of rotatable bonds is 20. The van der Waals surface area contributed by atoms with Gasteiger partial charge in [-0.25, -0.2) is 0 Å². The van der Waals surface area contributed by atoms with Crippen molar-refractivity contribution < 1.29 is 17.8 Å². The smallest absolute Gasteiger partial charge is 0.280 e. The Morgan fingerprint density at radius 3 is 1.48 bits per heavy atom. The van der Waals surface area contributed by atoms with Crippen LogP contribution in [0.2, 0.25) is 0 Å². The molecule has 0 aromatic heterocycles. The number of Topliss-reactive ketones (excluding diaryl/α,β-unsaturated/α-hetero) is 1. The van der Waals surface area contributed by atoms with Gasteiger partial charge >= 0.3 is 0 Å². The van der Waals surface area contributed by atoms with Crippen molar-refractivity contribution in [1.29, 1.82) is 0 Å². The van der Waals surface area contributed by atoms with Gasteiger partial charge in [-0.15, -0.1) is 0 Å². The molecule has 0 heterocycles. The maximum atomic E-state index is 11.7. The molecule has 0 aliphatic rings. The van der Waals surface area contributed by atoms with Crippen molar-refractivity contribution in [2.45, 2.75) is 128 Å². The van der Waals surface area contributed by atoms with Gasteiger partial charge in [0.05, 0.1) is 0 Å². The fraction of sp³-hybridized carbons (Fsp3) is 0.952. The van der Waals surface area contributed by atoms with Gasteiger partial charge in [-0.2, -0.15) is 8.42 Å². The van der Waals surface area contributed by atoms with Crippen molar-refractivity contribution in [3.05, 3.63) is 0 Å². The van der Waals surface area contributed by atoms with E-state index in [1.807, 2.05) is 0 Å². The lowest BCUT2D eigenvalue weighted by Crippen LogP contribution is -2.30. The lowest BCUT2D eigenvalue weighted by molar-refractivity contribution is -0.119. The number of nitrogens with two attached hydrogens (primary N) is 1. The number of hydrogen-bond acceptors (Lipinski definition) is 4. The Bertz CT molecular complexity index is 451. The van der Waals surface area contributed by atoms with Gasteiger partial charge in [0, 0.05) is 12.8 Å². The van der Waals surface area contributed by atoms with Crippen LogP contribution in [0.25, 0.3) is 0 Å². The third kappa shape index (κ3) is 18.7. The summed E-state index contributed by atoms with van der Waals surface area (Å²) in [6.45, 7) is 2.26. The van der Waals surface area contributed by atoms with Gasteiger partial charge in [-0.1, -0.05) is 96.8 Å². The Hall–Kier alpha value is -0.460. The Morgan fingerprint density at radius 2 is 1.11 bits per heavy atom. The van der Waals surface area contributed by atoms with Crippen LogP contribution in [0.1, 0.15) is 122 Å². The molecule has 0 spiro atoms. The third-order valence-electron chi connectivity index (χ3n) is 5.15. The zero-order valence-corrected chi connectivity index (χ0v) is 18.3. The van der Waals surface area contributed by atoms with E-state index >= 15 is 0 Å². The zero-order chi connectivity index (χ0) is 20.4. The summed E-state index contributed by atoms with van der Waals surface area (Å²) < 4.78 is 30.3. The van der Waals surface area contributed by atoms with Gasteiger partial charge in [0.1, 0.15) is 11.2 Å². The van der Waals surface area contributed by atoms with Crippen LogP contribution >= 0.6 is 0 Å². The average molecular weight is 406 g/mol. The van der Waals surface area contributed by atoms with Crippen molar-refractivity contribution in [3.8, 4) is 0 Å². The highest BCUT2D eigenvalue weighted by Crippen LogP contribution is 2.14. The fourth-order valence-electron chi connectivity index (χ4n) is 3.27. The van der Waals surface area contributed by atoms with Crippen LogP contribution < -0.4 is 5.73 Å². The molecule has 0 fully saturated rings. The second kappa shape index (κ2) is 17.6. The summed E-state index contributed by atoms with van der Waals surface area (Å²) in [5, 5.41) is -1.34. The average Bonchev–Trinajstić information content (AvgIpc) is 2.62. The van der Waals surface area contributed by atoms with E-state index in [9.17, 15) is 13.2 Å². The molecule has 0 aliphatic carbocycles. The van der Waals surface area contributed by atoms with E-state index in [4.69, 9.17) is 10.3 Å². The van der Waals surface area contributed by atoms with Crippen LogP contribution in [-0.2, 0) is 14.9 Å². The normalized spacial score (nSPS) is 13.0. The Labute approximate surface area is 167 Å². The second-order valence-corrected chi connectivity index (χ2v) is 9.47. The largest absolute Gasteiger partial charge is 0.313 e. The molecular weight excluding hydrogens is 362 g/mol. The molecule has 0 aliphatic heterocycles. The first-order valence-corrected chi connectivity index (χ1v) is 12.6. The maximum Gasteiger partial charge on any atom is 0.280 e. The van der Waals surface area contributed by atoms with Gasteiger partial charge < -0.3 is 5.73 Å². The second-order valence-electron chi connectivity index (χ2n) is 7.83. The monoisotopic (exact) mass is 405 g/mol. The van der Waals surface area contributed by atoms with E-state index in [0.717, 1.165) is 19.3 Å². The molecule has 1 unspecified atom stereocenters. The summed E-state index contributed by atoms with van der Waals surface area (Å²) in [5.41, 5.74) is 5.29. The van der Waals surface area contributed by atoms with E-state index in [2.05, 4.69) is 6.92 Å². The molecule has 0 saturated carbocycles. The zero-order valence-electron chi connectivity index (χ0n) is 17.5. The molecule has 5 nitrogen and oxygen atoms in total. The Morgan fingerprint density at radius 1 is 0.741 bits per heavy atom. The summed E-state index contributed by atoms with van der Waals surface area (Å²) in [4.78, 5) is 11.7. The van der Waals surface area contributed by atoms with Crippen molar-refractivity contribution in [1.82, 2.24) is 0 Å². The molecule has 0 bridgehead atoms. The molecule has 27 heavy (non-hydrogen) atoms. The van der Waals surface area contributed by atoms with E-state index in [1.165, 1.54) is 77.0 Å². The molecule has 0 amide bonds. The first-order chi connectivity index (χ1) is 12.9. The van der Waals surface area contributed by atoms with E-state index < -0.39 is 15.5 Å².